The van der Waals surface area contributed by atoms with Crippen molar-refractivity contribution in [3.8, 4) is 0 Å². The highest BCUT2D eigenvalue weighted by Gasteiger charge is 2.15. The lowest BCUT2D eigenvalue weighted by Crippen LogP contribution is -2.11. The molecule has 0 atom stereocenters. The van der Waals surface area contributed by atoms with Gasteiger partial charge < -0.3 is 11.1 Å². The largest absolute Gasteiger partial charge is 0.396 e. The van der Waals surface area contributed by atoms with Gasteiger partial charge in [0, 0.05) is 12.4 Å². The van der Waals surface area contributed by atoms with E-state index in [0.29, 0.717) is 5.69 Å². The molecular weight excluding hydrogens is 210 g/mol. The molecule has 0 saturated heterocycles. The molecule has 90 valence electrons. The van der Waals surface area contributed by atoms with Crippen molar-refractivity contribution >= 4 is 22.3 Å². The van der Waals surface area contributed by atoms with Crippen molar-refractivity contribution in [2.75, 3.05) is 18.1 Å². The molecule has 0 fully saturated rings. The monoisotopic (exact) mass is 229 g/mol. The molecule has 0 aliphatic carbocycles. The van der Waals surface area contributed by atoms with Gasteiger partial charge in [0.2, 0.25) is 0 Å². The van der Waals surface area contributed by atoms with Crippen LogP contribution in [-0.4, -0.2) is 12.0 Å². The highest BCUT2D eigenvalue weighted by Crippen LogP contribution is 2.31. The first-order chi connectivity index (χ1) is 7.93. The summed E-state index contributed by atoms with van der Waals surface area (Å²) in [7, 11) is 1.88. The van der Waals surface area contributed by atoms with Crippen LogP contribution in [0, 0.1) is 0 Å². The summed E-state index contributed by atoms with van der Waals surface area (Å²) < 4.78 is 0. The average molecular weight is 229 g/mol. The van der Waals surface area contributed by atoms with Gasteiger partial charge >= 0.3 is 0 Å². The van der Waals surface area contributed by atoms with E-state index >= 15 is 0 Å². The minimum absolute atomic E-state index is 0.129. The Hall–Kier alpha value is -1.77. The van der Waals surface area contributed by atoms with Crippen molar-refractivity contribution in [3.63, 3.8) is 0 Å². The molecule has 0 unspecified atom stereocenters. The molecule has 0 radical (unpaired) electrons. The average Bonchev–Trinajstić information content (AvgIpc) is 2.27. The number of fused-ring (bicyclic) bond motifs is 1. The summed E-state index contributed by atoms with van der Waals surface area (Å²) in [6.45, 7) is 6.60. The number of benzene rings is 1. The van der Waals surface area contributed by atoms with E-state index in [2.05, 4.69) is 49.3 Å². The number of nitrogens with zero attached hydrogens (tertiary/aromatic N) is 1. The van der Waals surface area contributed by atoms with Gasteiger partial charge in [0.25, 0.3) is 0 Å². The van der Waals surface area contributed by atoms with Crippen LogP contribution in [0.25, 0.3) is 10.9 Å². The van der Waals surface area contributed by atoms with Crippen molar-refractivity contribution in [3.05, 3.63) is 30.0 Å². The number of pyridine rings is 1. The van der Waals surface area contributed by atoms with Gasteiger partial charge in [-0.1, -0.05) is 26.8 Å². The number of rotatable bonds is 1. The molecule has 0 aliphatic heterocycles. The molecule has 3 nitrogen and oxygen atoms in total. The van der Waals surface area contributed by atoms with E-state index in [1.54, 1.807) is 6.20 Å². The first-order valence-corrected chi connectivity index (χ1v) is 5.80. The first kappa shape index (κ1) is 11.7. The second kappa shape index (κ2) is 3.91. The van der Waals surface area contributed by atoms with Crippen LogP contribution in [0.4, 0.5) is 11.4 Å². The summed E-state index contributed by atoms with van der Waals surface area (Å²) >= 11 is 0. The van der Waals surface area contributed by atoms with Gasteiger partial charge in [-0.2, -0.15) is 0 Å². The van der Waals surface area contributed by atoms with Gasteiger partial charge in [-0.05, 0) is 23.1 Å². The zero-order chi connectivity index (χ0) is 12.6. The molecular formula is C14H19N3. The van der Waals surface area contributed by atoms with Gasteiger partial charge in [0.1, 0.15) is 0 Å². The molecule has 0 spiro atoms. The summed E-state index contributed by atoms with van der Waals surface area (Å²) in [4.78, 5) is 4.35. The third-order valence-corrected chi connectivity index (χ3v) is 3.01. The summed E-state index contributed by atoms with van der Waals surface area (Å²) in [5.41, 5.74) is 9.96. The number of nitrogens with two attached hydrogens (primary N) is 1. The van der Waals surface area contributed by atoms with E-state index in [1.807, 2.05) is 7.05 Å². The van der Waals surface area contributed by atoms with E-state index in [4.69, 9.17) is 5.73 Å². The maximum atomic E-state index is 5.93. The summed E-state index contributed by atoms with van der Waals surface area (Å²) in [5, 5.41) is 4.24. The normalized spacial score (nSPS) is 11.8. The third kappa shape index (κ3) is 2.05. The van der Waals surface area contributed by atoms with E-state index < -0.39 is 0 Å². The maximum Gasteiger partial charge on any atom is 0.0742 e. The lowest BCUT2D eigenvalue weighted by molar-refractivity contribution is 0.591. The number of aromatic nitrogens is 1. The fraction of sp³-hybridized carbons (Fsp3) is 0.357. The van der Waals surface area contributed by atoms with E-state index in [1.165, 1.54) is 5.56 Å². The van der Waals surface area contributed by atoms with Crippen molar-refractivity contribution in [2.45, 2.75) is 26.2 Å². The number of hydrogen-bond acceptors (Lipinski definition) is 3. The highest BCUT2D eigenvalue weighted by atomic mass is 14.9. The van der Waals surface area contributed by atoms with Gasteiger partial charge in [-0.3, -0.25) is 4.98 Å². The van der Waals surface area contributed by atoms with Crippen LogP contribution in [0.1, 0.15) is 26.3 Å². The van der Waals surface area contributed by atoms with Crippen molar-refractivity contribution in [1.29, 1.82) is 0 Å². The predicted octanol–water partition coefficient (Wildman–Crippen LogP) is 3.16. The van der Waals surface area contributed by atoms with Crippen molar-refractivity contribution in [1.82, 2.24) is 4.98 Å². The van der Waals surface area contributed by atoms with E-state index in [-0.39, 0.29) is 5.41 Å². The molecule has 0 aliphatic rings. The van der Waals surface area contributed by atoms with Crippen LogP contribution in [0.15, 0.2) is 24.4 Å². The zero-order valence-corrected chi connectivity index (χ0v) is 10.8. The minimum atomic E-state index is 0.129. The van der Waals surface area contributed by atoms with Gasteiger partial charge in [-0.25, -0.2) is 0 Å². The number of hydrogen-bond donors (Lipinski definition) is 2. The minimum Gasteiger partial charge on any atom is -0.396 e. The quantitative estimate of drug-likeness (QED) is 0.789. The fourth-order valence-electron chi connectivity index (χ4n) is 1.95. The fourth-order valence-corrected chi connectivity index (χ4v) is 1.95. The zero-order valence-electron chi connectivity index (χ0n) is 10.8. The van der Waals surface area contributed by atoms with Gasteiger partial charge in [0.15, 0.2) is 0 Å². The molecule has 2 rings (SSSR count). The van der Waals surface area contributed by atoms with Crippen LogP contribution < -0.4 is 11.1 Å². The smallest absolute Gasteiger partial charge is 0.0742 e. The van der Waals surface area contributed by atoms with Gasteiger partial charge in [0.05, 0.1) is 23.1 Å². The lowest BCUT2D eigenvalue weighted by atomic mass is 9.86. The van der Waals surface area contributed by atoms with Crippen LogP contribution in [0.2, 0.25) is 0 Å². The Balaban J connectivity index is 2.74. The number of nitrogens with one attached hydrogen (secondary N) is 1. The second-order valence-corrected chi connectivity index (χ2v) is 5.32. The lowest BCUT2D eigenvalue weighted by Gasteiger charge is -2.20. The topological polar surface area (TPSA) is 50.9 Å². The Morgan fingerprint density at radius 2 is 1.94 bits per heavy atom. The van der Waals surface area contributed by atoms with Crippen molar-refractivity contribution < 1.29 is 0 Å². The van der Waals surface area contributed by atoms with E-state index in [9.17, 15) is 0 Å². The Morgan fingerprint density at radius 3 is 2.53 bits per heavy atom. The molecule has 3 heteroatoms. The third-order valence-electron chi connectivity index (χ3n) is 3.01. The van der Waals surface area contributed by atoms with Gasteiger partial charge in [-0.15, -0.1) is 0 Å². The Labute approximate surface area is 102 Å². The summed E-state index contributed by atoms with van der Waals surface area (Å²) in [6.07, 6.45) is 1.70. The first-order valence-electron chi connectivity index (χ1n) is 5.80. The Bertz CT molecular complexity index is 553. The Morgan fingerprint density at radius 1 is 1.24 bits per heavy atom. The molecule has 0 bridgehead atoms. The number of anilines is 2. The molecule has 2 aromatic rings. The van der Waals surface area contributed by atoms with Crippen LogP contribution in [-0.2, 0) is 5.41 Å². The van der Waals surface area contributed by atoms with Crippen LogP contribution in [0.3, 0.4) is 0 Å². The highest BCUT2D eigenvalue weighted by molar-refractivity contribution is 5.97. The predicted molar refractivity (Wildman–Crippen MR) is 74.4 cm³/mol. The SMILES string of the molecule is CNc1c(N)cnc2ccc(C(C)(C)C)cc12. The standard InChI is InChI=1S/C14H19N3/c1-14(2,3)9-5-6-12-10(7-9)13(16-4)11(15)8-17-12/h5-8H,15H2,1-4H3,(H,16,17). The Kier molecular flexibility index (Phi) is 2.69. The van der Waals surface area contributed by atoms with Crippen molar-refractivity contribution in [2.24, 2.45) is 0 Å². The molecule has 17 heavy (non-hydrogen) atoms. The summed E-state index contributed by atoms with van der Waals surface area (Å²) in [5.74, 6) is 0. The molecule has 1 aromatic carbocycles. The van der Waals surface area contributed by atoms with E-state index in [0.717, 1.165) is 16.6 Å². The maximum absolute atomic E-state index is 5.93. The van der Waals surface area contributed by atoms with Crippen LogP contribution in [0.5, 0.6) is 0 Å². The van der Waals surface area contributed by atoms with Crippen LogP contribution >= 0.6 is 0 Å². The molecule has 0 saturated carbocycles. The number of nitrogen functional groups attached to an aromatic ring is 1. The molecule has 3 N–H and O–H groups in total. The second-order valence-electron chi connectivity index (χ2n) is 5.32. The molecule has 1 aromatic heterocycles. The summed E-state index contributed by atoms with van der Waals surface area (Å²) in [6, 6.07) is 6.35. The molecule has 1 heterocycles. The molecule has 0 amide bonds.